The number of aromatic nitrogens is 3. The van der Waals surface area contributed by atoms with Gasteiger partial charge in [0.05, 0.1) is 5.69 Å². The van der Waals surface area contributed by atoms with Crippen molar-refractivity contribution in [3.8, 4) is 0 Å². The molecule has 1 aliphatic heterocycles. The number of hydrogen-bond acceptors (Lipinski definition) is 3. The molecule has 4 nitrogen and oxygen atoms in total. The molecule has 106 valence electrons. The number of aromatic amines is 1. The zero-order valence-corrected chi connectivity index (χ0v) is 12.0. The lowest BCUT2D eigenvalue weighted by Crippen LogP contribution is -2.36. The third-order valence-electron chi connectivity index (χ3n) is 4.06. The van der Waals surface area contributed by atoms with Crippen LogP contribution in [0.5, 0.6) is 0 Å². The minimum Gasteiger partial charge on any atom is -0.302 e. The Morgan fingerprint density at radius 2 is 2.35 bits per heavy atom. The van der Waals surface area contributed by atoms with Crippen LogP contribution in [0.4, 0.5) is 0 Å². The molecule has 1 N–H and O–H groups in total. The van der Waals surface area contributed by atoms with Gasteiger partial charge in [-0.3, -0.25) is 10.1 Å². The highest BCUT2D eigenvalue weighted by Gasteiger charge is 2.22. The van der Waals surface area contributed by atoms with Gasteiger partial charge in [-0.15, -0.1) is 0 Å². The van der Waals surface area contributed by atoms with Crippen molar-refractivity contribution in [1.82, 2.24) is 20.1 Å². The fourth-order valence-electron chi connectivity index (χ4n) is 2.97. The number of pyridine rings is 1. The van der Waals surface area contributed by atoms with Crippen LogP contribution in [-0.2, 0) is 6.42 Å². The third-order valence-corrected chi connectivity index (χ3v) is 4.06. The van der Waals surface area contributed by atoms with Gasteiger partial charge in [-0.05, 0) is 44.5 Å². The summed E-state index contributed by atoms with van der Waals surface area (Å²) in [6, 6.07) is 8.33. The Bertz CT molecular complexity index is 534. The standard InChI is InChI=1S/C16H22N4/c1-13-11-16(19-18-13)14-5-4-9-20(12-14)10-7-15-6-2-3-8-17-15/h2-3,6,8,11,14H,4-5,7,9-10,12H2,1H3,(H,18,19)/t14-/m1/s1. The van der Waals surface area contributed by atoms with Gasteiger partial charge in [-0.25, -0.2) is 0 Å². The van der Waals surface area contributed by atoms with Crippen LogP contribution in [0.15, 0.2) is 30.5 Å². The third kappa shape index (κ3) is 3.25. The van der Waals surface area contributed by atoms with Crippen LogP contribution < -0.4 is 0 Å². The molecule has 20 heavy (non-hydrogen) atoms. The zero-order valence-electron chi connectivity index (χ0n) is 12.0. The molecule has 0 bridgehead atoms. The van der Waals surface area contributed by atoms with E-state index in [2.05, 4.69) is 45.2 Å². The van der Waals surface area contributed by atoms with Crippen LogP contribution in [0.1, 0.15) is 35.8 Å². The van der Waals surface area contributed by atoms with Gasteiger partial charge in [0.25, 0.3) is 0 Å². The van der Waals surface area contributed by atoms with Gasteiger partial charge in [0.2, 0.25) is 0 Å². The molecule has 1 fully saturated rings. The van der Waals surface area contributed by atoms with E-state index in [0.717, 1.165) is 25.2 Å². The number of nitrogens with one attached hydrogen (secondary N) is 1. The second-order valence-corrected chi connectivity index (χ2v) is 5.69. The van der Waals surface area contributed by atoms with Gasteiger partial charge in [-0.1, -0.05) is 6.07 Å². The minimum absolute atomic E-state index is 0.581. The molecule has 3 rings (SSSR count). The Labute approximate surface area is 120 Å². The van der Waals surface area contributed by atoms with Crippen LogP contribution >= 0.6 is 0 Å². The summed E-state index contributed by atoms with van der Waals surface area (Å²) in [7, 11) is 0. The van der Waals surface area contributed by atoms with E-state index in [1.165, 1.54) is 30.8 Å². The normalized spacial score (nSPS) is 20.1. The number of nitrogens with zero attached hydrogens (tertiary/aromatic N) is 3. The number of aryl methyl sites for hydroxylation is 1. The molecule has 4 heteroatoms. The molecule has 1 saturated heterocycles. The van der Waals surface area contributed by atoms with E-state index < -0.39 is 0 Å². The highest BCUT2D eigenvalue weighted by Crippen LogP contribution is 2.25. The van der Waals surface area contributed by atoms with Crippen molar-refractivity contribution < 1.29 is 0 Å². The molecule has 3 heterocycles. The Morgan fingerprint density at radius 1 is 1.40 bits per heavy atom. The molecule has 2 aromatic heterocycles. The van der Waals surface area contributed by atoms with Crippen LogP contribution in [0, 0.1) is 6.92 Å². The van der Waals surface area contributed by atoms with E-state index in [4.69, 9.17) is 0 Å². The van der Waals surface area contributed by atoms with Crippen LogP contribution in [0.3, 0.4) is 0 Å². The van der Waals surface area contributed by atoms with Gasteiger partial charge >= 0.3 is 0 Å². The van der Waals surface area contributed by atoms with Gasteiger partial charge < -0.3 is 4.90 Å². The average Bonchev–Trinajstić information content (AvgIpc) is 2.93. The van der Waals surface area contributed by atoms with Crippen molar-refractivity contribution in [2.24, 2.45) is 0 Å². The topological polar surface area (TPSA) is 44.8 Å². The monoisotopic (exact) mass is 270 g/mol. The minimum atomic E-state index is 0.581. The number of piperidine rings is 1. The molecule has 1 atom stereocenters. The largest absolute Gasteiger partial charge is 0.302 e. The lowest BCUT2D eigenvalue weighted by atomic mass is 9.94. The second-order valence-electron chi connectivity index (χ2n) is 5.69. The summed E-state index contributed by atoms with van der Waals surface area (Å²) in [5.74, 6) is 0.581. The maximum Gasteiger partial charge on any atom is 0.0668 e. The van der Waals surface area contributed by atoms with E-state index in [1.54, 1.807) is 0 Å². The van der Waals surface area contributed by atoms with Gasteiger partial charge in [0.1, 0.15) is 0 Å². The number of hydrogen-bond donors (Lipinski definition) is 1. The van der Waals surface area contributed by atoms with Crippen molar-refractivity contribution in [2.45, 2.75) is 32.1 Å². The summed E-state index contributed by atoms with van der Waals surface area (Å²) in [4.78, 5) is 6.95. The van der Waals surface area contributed by atoms with E-state index >= 15 is 0 Å². The number of H-pyrrole nitrogens is 1. The van der Waals surface area contributed by atoms with E-state index in [9.17, 15) is 0 Å². The molecular formula is C16H22N4. The smallest absolute Gasteiger partial charge is 0.0668 e. The summed E-state index contributed by atoms with van der Waals surface area (Å²) >= 11 is 0. The SMILES string of the molecule is Cc1cc([C@@H]2CCCN(CCc3ccccn3)C2)n[nH]1. The first-order chi connectivity index (χ1) is 9.81. The first-order valence-corrected chi connectivity index (χ1v) is 7.45. The molecule has 0 radical (unpaired) electrons. The fourth-order valence-corrected chi connectivity index (χ4v) is 2.97. The van der Waals surface area contributed by atoms with Crippen molar-refractivity contribution in [3.63, 3.8) is 0 Å². The van der Waals surface area contributed by atoms with Crippen LogP contribution in [0.2, 0.25) is 0 Å². The summed E-state index contributed by atoms with van der Waals surface area (Å²) < 4.78 is 0. The predicted molar refractivity (Wildman–Crippen MR) is 79.7 cm³/mol. The lowest BCUT2D eigenvalue weighted by Gasteiger charge is -2.31. The molecule has 0 saturated carbocycles. The zero-order chi connectivity index (χ0) is 13.8. The summed E-state index contributed by atoms with van der Waals surface area (Å²) in [5, 5.41) is 7.49. The van der Waals surface area contributed by atoms with Crippen LogP contribution in [0.25, 0.3) is 0 Å². The maximum atomic E-state index is 4.43. The molecule has 0 aromatic carbocycles. The highest BCUT2D eigenvalue weighted by atomic mass is 15.2. The number of likely N-dealkylation sites (tertiary alicyclic amines) is 1. The Hall–Kier alpha value is -1.68. The molecule has 0 spiro atoms. The quantitative estimate of drug-likeness (QED) is 0.928. The predicted octanol–water partition coefficient (Wildman–Crippen LogP) is 2.54. The van der Waals surface area contributed by atoms with E-state index in [1.807, 2.05) is 12.3 Å². The molecule has 0 unspecified atom stereocenters. The van der Waals surface area contributed by atoms with Gasteiger partial charge in [0, 0.05) is 43.0 Å². The van der Waals surface area contributed by atoms with Crippen LogP contribution in [-0.4, -0.2) is 39.7 Å². The molecule has 0 amide bonds. The Balaban J connectivity index is 1.55. The van der Waals surface area contributed by atoms with Gasteiger partial charge in [0.15, 0.2) is 0 Å². The van der Waals surface area contributed by atoms with Crippen molar-refractivity contribution in [2.75, 3.05) is 19.6 Å². The maximum absolute atomic E-state index is 4.43. The van der Waals surface area contributed by atoms with Crippen molar-refractivity contribution in [1.29, 1.82) is 0 Å². The highest BCUT2D eigenvalue weighted by molar-refractivity contribution is 5.13. The average molecular weight is 270 g/mol. The first-order valence-electron chi connectivity index (χ1n) is 7.45. The summed E-state index contributed by atoms with van der Waals surface area (Å²) in [6.07, 6.45) is 5.43. The first kappa shape index (κ1) is 13.3. The molecular weight excluding hydrogens is 248 g/mol. The molecule has 2 aromatic rings. The van der Waals surface area contributed by atoms with Crippen molar-refractivity contribution in [3.05, 3.63) is 47.5 Å². The summed E-state index contributed by atoms with van der Waals surface area (Å²) in [5.41, 5.74) is 3.57. The molecule has 1 aliphatic rings. The lowest BCUT2D eigenvalue weighted by molar-refractivity contribution is 0.208. The Kier molecular flexibility index (Phi) is 4.11. The second kappa shape index (κ2) is 6.18. The Morgan fingerprint density at radius 3 is 3.10 bits per heavy atom. The number of rotatable bonds is 4. The van der Waals surface area contributed by atoms with Crippen molar-refractivity contribution >= 4 is 0 Å². The molecule has 0 aliphatic carbocycles. The fraction of sp³-hybridized carbons (Fsp3) is 0.500. The summed E-state index contributed by atoms with van der Waals surface area (Å²) in [6.45, 7) is 5.49. The van der Waals surface area contributed by atoms with Gasteiger partial charge in [-0.2, -0.15) is 5.10 Å². The van der Waals surface area contributed by atoms with E-state index in [-0.39, 0.29) is 0 Å². The van der Waals surface area contributed by atoms with E-state index in [0.29, 0.717) is 5.92 Å².